The molecular formula is C38H63O2P. The molecule has 2 rings (SSSR count). The van der Waals surface area contributed by atoms with E-state index in [1.165, 1.54) is 47.9 Å². The third kappa shape index (κ3) is 9.23. The lowest BCUT2D eigenvalue weighted by Gasteiger charge is -2.37. The molecule has 0 N–H and O–H groups in total. The van der Waals surface area contributed by atoms with Crippen LogP contribution >= 0.6 is 8.38 Å². The van der Waals surface area contributed by atoms with Crippen molar-refractivity contribution in [2.45, 2.75) is 169 Å². The van der Waals surface area contributed by atoms with Crippen LogP contribution in [0.1, 0.15) is 165 Å². The van der Waals surface area contributed by atoms with Crippen LogP contribution in [0.3, 0.4) is 0 Å². The van der Waals surface area contributed by atoms with Gasteiger partial charge in [0.25, 0.3) is 8.38 Å². The Kier molecular flexibility index (Phi) is 11.7. The van der Waals surface area contributed by atoms with Crippen molar-refractivity contribution < 1.29 is 9.05 Å². The number of unbranched alkanes of at least 4 members (excludes halogenated alkanes) is 2. The highest BCUT2D eigenvalue weighted by molar-refractivity contribution is 7.50. The third-order valence-corrected chi connectivity index (χ3v) is 11.2. The lowest BCUT2D eigenvalue weighted by Crippen LogP contribution is -2.27. The van der Waals surface area contributed by atoms with Gasteiger partial charge in [-0.05, 0) is 71.1 Å². The molecule has 0 fully saturated rings. The molecule has 0 saturated heterocycles. The van der Waals surface area contributed by atoms with E-state index in [-0.39, 0.29) is 26.8 Å². The van der Waals surface area contributed by atoms with Gasteiger partial charge in [0.15, 0.2) is 0 Å². The summed E-state index contributed by atoms with van der Waals surface area (Å²) in [6.07, 6.45) is 6.99. The van der Waals surface area contributed by atoms with Crippen molar-refractivity contribution in [2.24, 2.45) is 0 Å². The van der Waals surface area contributed by atoms with Gasteiger partial charge in [-0.2, -0.15) is 0 Å². The maximum Gasteiger partial charge on any atom is 0.296 e. The summed E-state index contributed by atoms with van der Waals surface area (Å²) in [5.41, 5.74) is 5.36. The van der Waals surface area contributed by atoms with E-state index in [2.05, 4.69) is 140 Å². The first-order valence-electron chi connectivity index (χ1n) is 16.2. The minimum Gasteiger partial charge on any atom is -0.438 e. The van der Waals surface area contributed by atoms with Crippen LogP contribution in [0.2, 0.25) is 0 Å². The highest BCUT2D eigenvalue weighted by Gasteiger charge is 2.39. The van der Waals surface area contributed by atoms with Crippen molar-refractivity contribution in [1.29, 1.82) is 0 Å². The first-order valence-corrected chi connectivity index (χ1v) is 17.3. The van der Waals surface area contributed by atoms with Gasteiger partial charge < -0.3 is 9.05 Å². The van der Waals surface area contributed by atoms with Crippen molar-refractivity contribution in [3.63, 3.8) is 0 Å². The monoisotopic (exact) mass is 582 g/mol. The second-order valence-electron chi connectivity index (χ2n) is 16.2. The Morgan fingerprint density at radius 3 is 1.39 bits per heavy atom. The third-order valence-electron chi connectivity index (χ3n) is 8.95. The van der Waals surface area contributed by atoms with Crippen molar-refractivity contribution in [1.82, 2.24) is 0 Å². The largest absolute Gasteiger partial charge is 0.438 e. The standard InChI is InChI=1S/C38H63O2P/c1-16-19-20-25-37(13,14)29-22-24-33(31(27-29)36(10,11)12)40-41(38(15,17-2)18-3)39-32-23-21-28(34(4,5)6)26-30(32)35(7,8)9/h21-24,26-27H,16-20,25H2,1-15H3. The maximum absolute atomic E-state index is 7.10. The molecule has 41 heavy (non-hydrogen) atoms. The Morgan fingerprint density at radius 1 is 0.561 bits per heavy atom. The van der Waals surface area contributed by atoms with Crippen molar-refractivity contribution in [3.8, 4) is 11.5 Å². The zero-order chi connectivity index (χ0) is 31.4. The Bertz CT molecular complexity index is 1120. The molecule has 0 aliphatic rings. The van der Waals surface area contributed by atoms with Crippen molar-refractivity contribution in [3.05, 3.63) is 58.7 Å². The van der Waals surface area contributed by atoms with Crippen LogP contribution in [0.15, 0.2) is 36.4 Å². The smallest absolute Gasteiger partial charge is 0.296 e. The summed E-state index contributed by atoms with van der Waals surface area (Å²) in [4.78, 5) is 0. The molecule has 0 spiro atoms. The maximum atomic E-state index is 7.10. The van der Waals surface area contributed by atoms with E-state index >= 15 is 0 Å². The zero-order valence-electron chi connectivity index (χ0n) is 29.5. The molecule has 0 heterocycles. The highest BCUT2D eigenvalue weighted by Crippen LogP contribution is 2.57. The normalized spacial score (nSPS) is 14.2. The van der Waals surface area contributed by atoms with Gasteiger partial charge in [0, 0.05) is 11.1 Å². The second-order valence-corrected chi connectivity index (χ2v) is 18.1. The van der Waals surface area contributed by atoms with Gasteiger partial charge in [0.05, 0.1) is 5.16 Å². The van der Waals surface area contributed by atoms with Gasteiger partial charge in [0.2, 0.25) is 0 Å². The Balaban J connectivity index is 2.63. The molecule has 0 bridgehead atoms. The molecule has 0 radical (unpaired) electrons. The van der Waals surface area contributed by atoms with E-state index in [0.717, 1.165) is 24.3 Å². The van der Waals surface area contributed by atoms with Gasteiger partial charge in [-0.3, -0.25) is 0 Å². The van der Waals surface area contributed by atoms with Crippen molar-refractivity contribution in [2.75, 3.05) is 0 Å². The van der Waals surface area contributed by atoms with Crippen LogP contribution in [0.4, 0.5) is 0 Å². The minimum absolute atomic E-state index is 0.0476. The number of hydrogen-bond donors (Lipinski definition) is 0. The summed E-state index contributed by atoms with van der Waals surface area (Å²) in [7, 11) is -1.27. The van der Waals surface area contributed by atoms with Gasteiger partial charge in [-0.15, -0.1) is 0 Å². The van der Waals surface area contributed by atoms with E-state index < -0.39 is 8.38 Å². The molecule has 0 aliphatic carbocycles. The lowest BCUT2D eigenvalue weighted by molar-refractivity contribution is 0.407. The first-order chi connectivity index (χ1) is 18.7. The van der Waals surface area contributed by atoms with Gasteiger partial charge in [0.1, 0.15) is 11.5 Å². The molecule has 232 valence electrons. The Hall–Kier alpha value is -1.53. The summed E-state index contributed by atoms with van der Waals surface area (Å²) >= 11 is 0. The molecule has 0 aromatic heterocycles. The number of rotatable bonds is 12. The molecule has 1 atom stereocenters. The van der Waals surface area contributed by atoms with Crippen LogP contribution in [0, 0.1) is 0 Å². The quantitative estimate of drug-likeness (QED) is 0.183. The van der Waals surface area contributed by atoms with E-state index in [1.54, 1.807) is 0 Å². The molecule has 1 unspecified atom stereocenters. The second kappa shape index (κ2) is 13.4. The van der Waals surface area contributed by atoms with Crippen molar-refractivity contribution >= 4 is 8.38 Å². The fraction of sp³-hybridized carbons (Fsp3) is 0.684. The summed E-state index contributed by atoms with van der Waals surface area (Å²) < 4.78 is 14.2. The number of hydrogen-bond acceptors (Lipinski definition) is 2. The summed E-state index contributed by atoms with van der Waals surface area (Å²) in [5.74, 6) is 1.92. The predicted octanol–water partition coefficient (Wildman–Crippen LogP) is 12.8. The Labute approximate surface area is 256 Å². The summed E-state index contributed by atoms with van der Waals surface area (Å²) in [6, 6.07) is 13.7. The zero-order valence-corrected chi connectivity index (χ0v) is 30.4. The SMILES string of the molecule is CCCCCC(C)(C)c1ccc(OP(Oc2ccc(C(C)(C)C)cc2C(C)(C)C)C(C)(CC)CC)c(C(C)(C)C)c1. The van der Waals surface area contributed by atoms with Crippen LogP contribution in [-0.4, -0.2) is 5.16 Å². The van der Waals surface area contributed by atoms with E-state index in [9.17, 15) is 0 Å². The summed E-state index contributed by atoms with van der Waals surface area (Å²) in [5, 5.41) is -0.0829. The van der Waals surface area contributed by atoms with E-state index in [0.29, 0.717) is 0 Å². The summed E-state index contributed by atoms with van der Waals surface area (Å²) in [6.45, 7) is 34.5. The molecular weight excluding hydrogens is 519 g/mol. The van der Waals surface area contributed by atoms with Crippen LogP contribution < -0.4 is 9.05 Å². The number of benzene rings is 2. The molecule has 0 amide bonds. The van der Waals surface area contributed by atoms with Crippen LogP contribution in [-0.2, 0) is 21.7 Å². The van der Waals surface area contributed by atoms with Crippen LogP contribution in [0.25, 0.3) is 0 Å². The van der Waals surface area contributed by atoms with Gasteiger partial charge >= 0.3 is 0 Å². The Morgan fingerprint density at radius 2 is 1.00 bits per heavy atom. The average molecular weight is 583 g/mol. The molecule has 3 heteroatoms. The van der Waals surface area contributed by atoms with E-state index in [1.807, 2.05) is 0 Å². The average Bonchev–Trinajstić information content (AvgIpc) is 2.86. The topological polar surface area (TPSA) is 18.5 Å². The van der Waals surface area contributed by atoms with Gasteiger partial charge in [-0.1, -0.05) is 140 Å². The van der Waals surface area contributed by atoms with Crippen LogP contribution in [0.5, 0.6) is 11.5 Å². The van der Waals surface area contributed by atoms with E-state index in [4.69, 9.17) is 9.05 Å². The predicted molar refractivity (Wildman–Crippen MR) is 183 cm³/mol. The van der Waals surface area contributed by atoms with Gasteiger partial charge in [-0.25, -0.2) is 0 Å². The fourth-order valence-electron chi connectivity index (χ4n) is 5.17. The molecule has 2 aromatic rings. The molecule has 2 nitrogen and oxygen atoms in total. The molecule has 0 aliphatic heterocycles. The highest BCUT2D eigenvalue weighted by atomic mass is 31.2. The minimum atomic E-state index is -1.27. The molecule has 0 saturated carbocycles. The lowest BCUT2D eigenvalue weighted by atomic mass is 9.77. The fourth-order valence-corrected chi connectivity index (χ4v) is 6.84. The first kappa shape index (κ1) is 35.7. The molecule has 2 aromatic carbocycles.